The molecule has 360 valence electrons. The number of thiophene rings is 2. The van der Waals surface area contributed by atoms with Gasteiger partial charge in [-0.3, -0.25) is 0 Å². The Labute approximate surface area is 446 Å². The molecule has 0 saturated carbocycles. The average Bonchev–Trinajstić information content (AvgIpc) is 4.15. The molecule has 0 unspecified atom stereocenters. The summed E-state index contributed by atoms with van der Waals surface area (Å²) in [5.74, 6) is 0. The molecule has 15 rings (SSSR count). The predicted molar refractivity (Wildman–Crippen MR) is 319 cm³/mol. The van der Waals surface area contributed by atoms with E-state index in [9.17, 15) is 0 Å². The van der Waals surface area contributed by atoms with Gasteiger partial charge in [-0.25, -0.2) is 0 Å². The molecular weight excluding hydrogens is 965 g/mol. The highest BCUT2D eigenvalue weighted by Gasteiger charge is 2.63. The summed E-state index contributed by atoms with van der Waals surface area (Å²) in [4.78, 5) is 8.14. The quantitative estimate of drug-likeness (QED) is 0.159. The lowest BCUT2D eigenvalue weighted by Crippen LogP contribution is -2.66. The molecule has 4 aliphatic heterocycles. The molecule has 0 atom stereocenters. The fraction of sp³-hybridized carbons (Fsp3) is 0.176. The van der Waals surface area contributed by atoms with Gasteiger partial charge in [0.25, 0.3) is 0 Å². The number of hydrogen-bond donors (Lipinski definition) is 0. The summed E-state index contributed by atoms with van der Waals surface area (Å²) in [7, 11) is -4.49. The zero-order valence-electron chi connectivity index (χ0n) is 43.3. The minimum atomic E-state index is -2.25. The van der Waals surface area contributed by atoms with Gasteiger partial charge in [-0.1, -0.05) is 224 Å². The molecule has 0 fully saturated rings. The summed E-state index contributed by atoms with van der Waals surface area (Å²) < 4.78 is 0. The second kappa shape index (κ2) is 14.9. The van der Waals surface area contributed by atoms with Crippen LogP contribution in [0.15, 0.2) is 206 Å². The smallest absolute Gasteiger partial charge is 0.113 e. The van der Waals surface area contributed by atoms with Crippen molar-refractivity contribution >= 4 is 92.3 Å². The van der Waals surface area contributed by atoms with Crippen molar-refractivity contribution in [3.05, 3.63) is 272 Å². The predicted octanol–water partition coefficient (Wildman–Crippen LogP) is 15.4. The molecule has 0 radical (unpaired) electrons. The van der Waals surface area contributed by atoms with Gasteiger partial charge in [0.2, 0.25) is 0 Å². The van der Waals surface area contributed by atoms with E-state index in [1.54, 1.807) is 0 Å². The molecule has 0 bridgehead atoms. The summed E-state index contributed by atoms with van der Waals surface area (Å²) in [5, 5.41) is 8.62. The van der Waals surface area contributed by atoms with Crippen molar-refractivity contribution in [2.24, 2.45) is 0 Å². The van der Waals surface area contributed by atoms with E-state index < -0.39 is 27.0 Å². The van der Waals surface area contributed by atoms with Crippen molar-refractivity contribution in [1.82, 2.24) is 0 Å². The molecule has 10 aromatic rings. The molecule has 2 spiro atoms. The second-order valence-electron chi connectivity index (χ2n) is 23.6. The number of para-hydroxylation sites is 4. The van der Waals surface area contributed by atoms with E-state index in [2.05, 4.69) is 270 Å². The number of anilines is 6. The van der Waals surface area contributed by atoms with E-state index in [1.165, 1.54) is 119 Å². The summed E-state index contributed by atoms with van der Waals surface area (Å²) in [5.41, 5.74) is 17.4. The Morgan fingerprint density at radius 2 is 0.527 bits per heavy atom. The van der Waals surface area contributed by atoms with E-state index in [0.29, 0.717) is 0 Å². The second-order valence-corrected chi connectivity index (χ2v) is 34.3. The van der Waals surface area contributed by atoms with Gasteiger partial charge in [0.1, 0.15) is 26.1 Å². The minimum Gasteiger partial charge on any atom is -0.301 e. The van der Waals surface area contributed by atoms with Gasteiger partial charge in [-0.05, 0) is 113 Å². The first kappa shape index (κ1) is 44.7. The van der Waals surface area contributed by atoms with Gasteiger partial charge in [-0.2, -0.15) is 0 Å². The topological polar surface area (TPSA) is 6.48 Å². The lowest BCUT2D eigenvalue weighted by molar-refractivity contribution is 0.632. The van der Waals surface area contributed by atoms with Crippen LogP contribution in [-0.2, 0) is 21.7 Å². The van der Waals surface area contributed by atoms with E-state index >= 15 is 0 Å². The third kappa shape index (κ3) is 5.30. The van der Waals surface area contributed by atoms with Crippen LogP contribution in [-0.4, -0.2) is 16.1 Å². The lowest BCUT2D eigenvalue weighted by atomic mass is 9.55. The minimum absolute atomic E-state index is 0.181. The SMILES string of the molecule is CC1(C)c2ccccc2N(c2cc3c(s2)C2(c4ccccc4[Si](C)(C)c4ccccc42)c2cc(N4c5ccccc5C(C)(C)c5ccccc54)sc2C32c3ccccc3[Si](C)(C)c3ccccc32)c2ccccc21. The standard InChI is InChI=1S/C68H58N2S2Si2/c1-65(2)43-25-9-17-33-53(43)69(54-34-18-10-26-44(54)65)61-41-51-63(71-61)68(49-31-15-23-39-59(49)74(7,8)60-40-24-16-32-50(60)68)52-42-62(70-55-35-19-11-27-45(55)66(3,4)46-28-12-20-36-56(46)70)72-64(52)67(51)47-29-13-21-37-57(47)73(5,6)58-38-22-14-30-48(58)67/h9-42H,1-8H3. The molecule has 0 saturated heterocycles. The van der Waals surface area contributed by atoms with Crippen molar-refractivity contribution in [3.63, 3.8) is 0 Å². The highest BCUT2D eigenvalue weighted by molar-refractivity contribution is 7.18. The zero-order valence-corrected chi connectivity index (χ0v) is 47.0. The molecule has 2 nitrogen and oxygen atoms in total. The Morgan fingerprint density at radius 1 is 0.297 bits per heavy atom. The van der Waals surface area contributed by atoms with Gasteiger partial charge in [0.05, 0.1) is 33.6 Å². The molecular formula is C68H58N2S2Si2. The van der Waals surface area contributed by atoms with Gasteiger partial charge < -0.3 is 9.80 Å². The summed E-state index contributed by atoms with van der Waals surface area (Å²) >= 11 is 4.10. The molecule has 8 aromatic carbocycles. The Hall–Kier alpha value is -6.81. The van der Waals surface area contributed by atoms with Crippen molar-refractivity contribution in [3.8, 4) is 0 Å². The Morgan fingerprint density at radius 3 is 0.797 bits per heavy atom. The van der Waals surface area contributed by atoms with Crippen LogP contribution in [0.4, 0.5) is 32.8 Å². The van der Waals surface area contributed by atoms with Crippen LogP contribution in [0.1, 0.15) is 93.1 Å². The third-order valence-corrected chi connectivity index (χ3v) is 28.3. The van der Waals surface area contributed by atoms with Crippen LogP contribution in [0, 0.1) is 0 Å². The summed E-state index contributed by atoms with van der Waals surface area (Å²) in [6, 6.07) is 80.9. The number of fused-ring (bicyclic) bond motifs is 18. The maximum absolute atomic E-state index is 2.69. The van der Waals surface area contributed by atoms with Crippen molar-refractivity contribution in [2.45, 2.75) is 75.5 Å². The van der Waals surface area contributed by atoms with Crippen molar-refractivity contribution in [2.75, 3.05) is 9.80 Å². The molecule has 0 N–H and O–H groups in total. The van der Waals surface area contributed by atoms with Gasteiger partial charge >= 0.3 is 0 Å². The van der Waals surface area contributed by atoms with Gasteiger partial charge in [-0.15, -0.1) is 22.7 Å². The van der Waals surface area contributed by atoms with Crippen LogP contribution in [0.2, 0.25) is 26.2 Å². The zero-order chi connectivity index (χ0) is 50.3. The van der Waals surface area contributed by atoms with E-state index in [1.807, 2.05) is 22.7 Å². The van der Waals surface area contributed by atoms with E-state index in [4.69, 9.17) is 0 Å². The van der Waals surface area contributed by atoms with Crippen molar-refractivity contribution < 1.29 is 0 Å². The first-order valence-corrected chi connectivity index (χ1v) is 34.1. The molecule has 5 aliphatic rings. The van der Waals surface area contributed by atoms with Gasteiger partial charge in [0.15, 0.2) is 0 Å². The van der Waals surface area contributed by atoms with Crippen molar-refractivity contribution in [1.29, 1.82) is 0 Å². The highest BCUT2D eigenvalue weighted by Crippen LogP contribution is 2.68. The Kier molecular flexibility index (Phi) is 9.02. The number of benzene rings is 8. The third-order valence-electron chi connectivity index (χ3n) is 18.7. The normalized spacial score (nSPS) is 18.3. The molecule has 1 aliphatic carbocycles. The number of nitrogens with zero attached hydrogens (tertiary/aromatic N) is 2. The van der Waals surface area contributed by atoms with Crippen LogP contribution in [0.25, 0.3) is 0 Å². The monoisotopic (exact) mass is 1020 g/mol. The number of rotatable bonds is 2. The maximum Gasteiger partial charge on any atom is 0.113 e. The van der Waals surface area contributed by atoms with E-state index in [-0.39, 0.29) is 10.8 Å². The number of hydrogen-bond acceptors (Lipinski definition) is 4. The first-order valence-electron chi connectivity index (χ1n) is 26.4. The highest BCUT2D eigenvalue weighted by atomic mass is 32.1. The van der Waals surface area contributed by atoms with Crippen LogP contribution in [0.3, 0.4) is 0 Å². The van der Waals surface area contributed by atoms with Crippen LogP contribution in [0.5, 0.6) is 0 Å². The Balaban J connectivity index is 1.15. The largest absolute Gasteiger partial charge is 0.301 e. The van der Waals surface area contributed by atoms with Crippen LogP contribution < -0.4 is 30.5 Å². The van der Waals surface area contributed by atoms with E-state index in [0.717, 1.165) is 0 Å². The molecule has 2 aromatic heterocycles. The van der Waals surface area contributed by atoms with Gasteiger partial charge in [0, 0.05) is 20.6 Å². The summed E-state index contributed by atoms with van der Waals surface area (Å²) in [6.07, 6.45) is 0. The van der Waals surface area contributed by atoms with Crippen LogP contribution >= 0.6 is 22.7 Å². The maximum atomic E-state index is 2.69. The molecule has 0 amide bonds. The first-order chi connectivity index (χ1) is 35.8. The summed E-state index contributed by atoms with van der Waals surface area (Å²) in [6.45, 7) is 20.0. The lowest BCUT2D eigenvalue weighted by Gasteiger charge is -2.54. The molecule has 6 heteroatoms. The molecule has 6 heterocycles. The average molecular weight is 1020 g/mol. The molecule has 74 heavy (non-hydrogen) atoms. The fourth-order valence-corrected chi connectivity index (χ4v) is 24.6. The Bertz CT molecular complexity index is 3530. The fourth-order valence-electron chi connectivity index (χ4n) is 15.2.